The number of ketones is 1. The predicted molar refractivity (Wildman–Crippen MR) is 51.5 cm³/mol. The first kappa shape index (κ1) is 10.3. The SMILES string of the molecule is CC(=O)c1ccc(F)c(C=CC=O)c1. The first-order valence-corrected chi connectivity index (χ1v) is 4.07. The lowest BCUT2D eigenvalue weighted by molar-refractivity contribution is -0.104. The van der Waals surface area contributed by atoms with Gasteiger partial charge in [0, 0.05) is 11.1 Å². The number of carbonyl (C=O) groups excluding carboxylic acids is 2. The Morgan fingerprint density at radius 1 is 1.43 bits per heavy atom. The highest BCUT2D eigenvalue weighted by Crippen LogP contribution is 2.12. The largest absolute Gasteiger partial charge is 0.299 e. The lowest BCUT2D eigenvalue weighted by atomic mass is 10.1. The average molecular weight is 192 g/mol. The van der Waals surface area contributed by atoms with Gasteiger partial charge in [-0.2, -0.15) is 0 Å². The fourth-order valence-electron chi connectivity index (χ4n) is 1.03. The molecule has 14 heavy (non-hydrogen) atoms. The van der Waals surface area contributed by atoms with Crippen LogP contribution in [0.25, 0.3) is 6.08 Å². The number of aldehydes is 1. The van der Waals surface area contributed by atoms with E-state index < -0.39 is 5.82 Å². The molecule has 0 amide bonds. The van der Waals surface area contributed by atoms with Crippen LogP contribution >= 0.6 is 0 Å². The molecule has 72 valence electrons. The molecular weight excluding hydrogens is 183 g/mol. The number of Topliss-reactive ketones (excluding diaryl/α,β-unsaturated/α-hetero) is 1. The van der Waals surface area contributed by atoms with Crippen LogP contribution in [-0.4, -0.2) is 12.1 Å². The van der Waals surface area contributed by atoms with Gasteiger partial charge in [-0.3, -0.25) is 9.59 Å². The van der Waals surface area contributed by atoms with Gasteiger partial charge in [0.25, 0.3) is 0 Å². The summed E-state index contributed by atoms with van der Waals surface area (Å²) < 4.78 is 13.1. The third-order valence-corrected chi connectivity index (χ3v) is 1.76. The Kier molecular flexibility index (Phi) is 3.29. The molecule has 0 aliphatic rings. The summed E-state index contributed by atoms with van der Waals surface area (Å²) in [5, 5.41) is 0. The molecule has 0 fully saturated rings. The maximum Gasteiger partial charge on any atom is 0.159 e. The van der Waals surface area contributed by atoms with Crippen LogP contribution in [0.1, 0.15) is 22.8 Å². The Morgan fingerprint density at radius 3 is 2.71 bits per heavy atom. The van der Waals surface area contributed by atoms with E-state index in [4.69, 9.17) is 0 Å². The third-order valence-electron chi connectivity index (χ3n) is 1.76. The molecule has 0 radical (unpaired) electrons. The maximum absolute atomic E-state index is 13.1. The van der Waals surface area contributed by atoms with E-state index in [0.717, 1.165) is 0 Å². The van der Waals surface area contributed by atoms with Gasteiger partial charge >= 0.3 is 0 Å². The van der Waals surface area contributed by atoms with E-state index in [1.807, 2.05) is 0 Å². The zero-order valence-electron chi connectivity index (χ0n) is 7.66. The summed E-state index contributed by atoms with van der Waals surface area (Å²) in [5.41, 5.74) is 0.668. The number of halogens is 1. The third kappa shape index (κ3) is 2.36. The van der Waals surface area contributed by atoms with Gasteiger partial charge < -0.3 is 0 Å². The highest BCUT2D eigenvalue weighted by molar-refractivity contribution is 5.94. The number of rotatable bonds is 3. The van der Waals surface area contributed by atoms with Gasteiger partial charge in [-0.25, -0.2) is 4.39 Å². The van der Waals surface area contributed by atoms with Crippen LogP contribution in [0.5, 0.6) is 0 Å². The summed E-state index contributed by atoms with van der Waals surface area (Å²) in [6.07, 6.45) is 3.07. The van der Waals surface area contributed by atoms with Crippen LogP contribution in [0.15, 0.2) is 24.3 Å². The summed E-state index contributed by atoms with van der Waals surface area (Å²) in [6.45, 7) is 1.40. The van der Waals surface area contributed by atoms with Crippen molar-refractivity contribution in [1.82, 2.24) is 0 Å². The van der Waals surface area contributed by atoms with E-state index in [1.165, 1.54) is 37.3 Å². The standard InChI is InChI=1S/C11H9FO2/c1-8(14)9-4-5-11(12)10(7-9)3-2-6-13/h2-7H,1H3. The molecule has 2 nitrogen and oxygen atoms in total. The Bertz CT molecular complexity index is 394. The van der Waals surface area contributed by atoms with Crippen molar-refractivity contribution in [2.75, 3.05) is 0 Å². The summed E-state index contributed by atoms with van der Waals surface area (Å²) in [5.74, 6) is -0.584. The molecule has 1 rings (SSSR count). The first-order chi connectivity index (χ1) is 6.65. The molecule has 0 unspecified atom stereocenters. The van der Waals surface area contributed by atoms with Crippen molar-refractivity contribution >= 4 is 18.1 Å². The lowest BCUT2D eigenvalue weighted by Crippen LogP contribution is -1.94. The molecule has 0 aromatic heterocycles. The van der Waals surface area contributed by atoms with Crippen molar-refractivity contribution in [3.05, 3.63) is 41.2 Å². The van der Waals surface area contributed by atoms with E-state index in [9.17, 15) is 14.0 Å². The molecule has 0 saturated carbocycles. The molecule has 0 spiro atoms. The zero-order chi connectivity index (χ0) is 10.6. The van der Waals surface area contributed by atoms with Crippen molar-refractivity contribution in [2.24, 2.45) is 0 Å². The van der Waals surface area contributed by atoms with E-state index in [1.54, 1.807) is 0 Å². The average Bonchev–Trinajstić information content (AvgIpc) is 2.16. The highest BCUT2D eigenvalue weighted by atomic mass is 19.1. The fourth-order valence-corrected chi connectivity index (χ4v) is 1.03. The Hall–Kier alpha value is -1.77. The van der Waals surface area contributed by atoms with Crippen molar-refractivity contribution in [2.45, 2.75) is 6.92 Å². The van der Waals surface area contributed by atoms with Gasteiger partial charge in [-0.15, -0.1) is 0 Å². The zero-order valence-corrected chi connectivity index (χ0v) is 7.66. The minimum absolute atomic E-state index is 0.134. The monoisotopic (exact) mass is 192 g/mol. The van der Waals surface area contributed by atoms with Crippen LogP contribution < -0.4 is 0 Å². The summed E-state index contributed by atoms with van der Waals surface area (Å²) in [7, 11) is 0. The van der Waals surface area contributed by atoms with Gasteiger partial charge in [0.2, 0.25) is 0 Å². The Morgan fingerprint density at radius 2 is 2.14 bits per heavy atom. The van der Waals surface area contributed by atoms with E-state index >= 15 is 0 Å². The van der Waals surface area contributed by atoms with Crippen LogP contribution in [-0.2, 0) is 4.79 Å². The minimum Gasteiger partial charge on any atom is -0.299 e. The number of carbonyl (C=O) groups is 2. The molecule has 0 saturated heterocycles. The van der Waals surface area contributed by atoms with E-state index in [0.29, 0.717) is 11.8 Å². The molecular formula is C11H9FO2. The predicted octanol–water partition coefficient (Wildman–Crippen LogP) is 2.24. The normalized spacial score (nSPS) is 10.4. The van der Waals surface area contributed by atoms with E-state index in [2.05, 4.69) is 0 Å². The van der Waals surface area contributed by atoms with Crippen molar-refractivity contribution in [3.8, 4) is 0 Å². The van der Waals surface area contributed by atoms with Crippen LogP contribution in [0.4, 0.5) is 4.39 Å². The highest BCUT2D eigenvalue weighted by Gasteiger charge is 2.03. The summed E-state index contributed by atoms with van der Waals surface area (Å²) >= 11 is 0. The Balaban J connectivity index is 3.14. The molecule has 1 aromatic rings. The maximum atomic E-state index is 13.1. The molecule has 0 atom stereocenters. The number of hydrogen-bond acceptors (Lipinski definition) is 2. The lowest BCUT2D eigenvalue weighted by Gasteiger charge is -1.99. The summed E-state index contributed by atoms with van der Waals surface area (Å²) in [4.78, 5) is 21.0. The molecule has 3 heteroatoms. The van der Waals surface area contributed by atoms with Crippen LogP contribution in [0.3, 0.4) is 0 Å². The van der Waals surface area contributed by atoms with Gasteiger partial charge in [0.05, 0.1) is 0 Å². The second-order valence-corrected chi connectivity index (χ2v) is 2.79. The van der Waals surface area contributed by atoms with Crippen LogP contribution in [0, 0.1) is 5.82 Å². The van der Waals surface area contributed by atoms with E-state index in [-0.39, 0.29) is 11.3 Å². The Labute approximate surface area is 81.1 Å². The van der Waals surface area contributed by atoms with Gasteiger partial charge in [-0.05, 0) is 37.3 Å². The van der Waals surface area contributed by atoms with Crippen molar-refractivity contribution in [3.63, 3.8) is 0 Å². The second-order valence-electron chi connectivity index (χ2n) is 2.79. The van der Waals surface area contributed by atoms with Crippen molar-refractivity contribution in [1.29, 1.82) is 0 Å². The number of hydrogen-bond donors (Lipinski definition) is 0. The minimum atomic E-state index is -0.451. The number of allylic oxidation sites excluding steroid dienone is 1. The summed E-state index contributed by atoms with van der Waals surface area (Å²) in [6, 6.07) is 4.04. The fraction of sp³-hybridized carbons (Fsp3) is 0.0909. The molecule has 0 aliphatic carbocycles. The van der Waals surface area contributed by atoms with Crippen molar-refractivity contribution < 1.29 is 14.0 Å². The van der Waals surface area contributed by atoms with Gasteiger partial charge in [0.1, 0.15) is 12.1 Å². The van der Waals surface area contributed by atoms with Gasteiger partial charge in [0.15, 0.2) is 5.78 Å². The number of benzene rings is 1. The smallest absolute Gasteiger partial charge is 0.159 e. The molecule has 0 aliphatic heterocycles. The topological polar surface area (TPSA) is 34.1 Å². The quantitative estimate of drug-likeness (QED) is 0.418. The molecule has 0 N–H and O–H groups in total. The van der Waals surface area contributed by atoms with Gasteiger partial charge in [-0.1, -0.05) is 0 Å². The molecule has 0 heterocycles. The second kappa shape index (κ2) is 4.46. The molecule has 1 aromatic carbocycles. The first-order valence-electron chi connectivity index (χ1n) is 4.07. The molecule has 0 bridgehead atoms. The van der Waals surface area contributed by atoms with Crippen LogP contribution in [0.2, 0.25) is 0 Å².